The van der Waals surface area contributed by atoms with E-state index in [9.17, 15) is 0 Å². The van der Waals surface area contributed by atoms with E-state index in [1.807, 2.05) is 12.3 Å². The smallest absolute Gasteiger partial charge is 0.0783 e. The molecule has 0 spiro atoms. The van der Waals surface area contributed by atoms with Crippen molar-refractivity contribution in [2.24, 2.45) is 5.92 Å². The highest BCUT2D eigenvalue weighted by molar-refractivity contribution is 6.12. The Morgan fingerprint density at radius 3 is 2.74 bits per heavy atom. The molecule has 1 saturated carbocycles. The van der Waals surface area contributed by atoms with E-state index in [0.717, 1.165) is 17.4 Å². The summed E-state index contributed by atoms with van der Waals surface area (Å²) in [6.07, 6.45) is 7.89. The van der Waals surface area contributed by atoms with Gasteiger partial charge >= 0.3 is 0 Å². The number of nitrogens with zero attached hydrogens (tertiary/aromatic N) is 1. The molecule has 5 rings (SSSR count). The van der Waals surface area contributed by atoms with E-state index in [1.165, 1.54) is 33.7 Å². The Hall–Kier alpha value is -2.15. The van der Waals surface area contributed by atoms with E-state index in [2.05, 4.69) is 47.5 Å². The van der Waals surface area contributed by atoms with Gasteiger partial charge in [-0.3, -0.25) is 4.98 Å². The number of hydrogen-bond donors (Lipinski definition) is 0. The van der Waals surface area contributed by atoms with Crippen molar-refractivity contribution in [3.8, 4) is 0 Å². The number of pyridine rings is 1. The minimum Gasteiger partial charge on any atom is -0.256 e. The van der Waals surface area contributed by atoms with Crippen molar-refractivity contribution in [1.29, 1.82) is 0 Å². The van der Waals surface area contributed by atoms with E-state index in [1.54, 1.807) is 0 Å². The third kappa shape index (κ3) is 1.18. The molecular formula is C18H13N. The van der Waals surface area contributed by atoms with E-state index >= 15 is 0 Å². The number of rotatable bonds is 0. The van der Waals surface area contributed by atoms with Crippen LogP contribution in [0, 0.1) is 5.92 Å². The highest BCUT2D eigenvalue weighted by atomic mass is 14.7. The average molecular weight is 243 g/mol. The Morgan fingerprint density at radius 1 is 0.947 bits per heavy atom. The molecule has 90 valence electrons. The Morgan fingerprint density at radius 2 is 1.79 bits per heavy atom. The topological polar surface area (TPSA) is 12.9 Å². The van der Waals surface area contributed by atoms with Crippen LogP contribution < -0.4 is 0 Å². The fourth-order valence-electron chi connectivity index (χ4n) is 3.61. The minimum atomic E-state index is 0.733. The molecule has 1 nitrogen and oxygen atoms in total. The quantitative estimate of drug-likeness (QED) is 0.529. The summed E-state index contributed by atoms with van der Waals surface area (Å²) in [7, 11) is 0. The van der Waals surface area contributed by atoms with Crippen molar-refractivity contribution in [2.75, 3.05) is 0 Å². The van der Waals surface area contributed by atoms with Crippen LogP contribution >= 0.6 is 0 Å². The zero-order valence-corrected chi connectivity index (χ0v) is 10.5. The van der Waals surface area contributed by atoms with Crippen molar-refractivity contribution in [1.82, 2.24) is 4.98 Å². The van der Waals surface area contributed by atoms with Crippen LogP contribution in [0.25, 0.3) is 27.8 Å². The van der Waals surface area contributed by atoms with Crippen LogP contribution in [0.2, 0.25) is 0 Å². The summed E-state index contributed by atoms with van der Waals surface area (Å²) in [4.78, 5) is 4.65. The molecule has 1 aromatic heterocycles. The van der Waals surface area contributed by atoms with Crippen molar-refractivity contribution < 1.29 is 0 Å². The largest absolute Gasteiger partial charge is 0.256 e. The molecule has 1 heterocycles. The zero-order valence-electron chi connectivity index (χ0n) is 10.5. The lowest BCUT2D eigenvalue weighted by Crippen LogP contribution is -1.97. The molecule has 2 aliphatic rings. The van der Waals surface area contributed by atoms with Gasteiger partial charge in [-0.25, -0.2) is 0 Å². The lowest BCUT2D eigenvalue weighted by Gasteiger charge is -2.16. The maximum absolute atomic E-state index is 4.65. The fourth-order valence-corrected chi connectivity index (χ4v) is 3.61. The van der Waals surface area contributed by atoms with Crippen LogP contribution in [0.5, 0.6) is 0 Å². The summed E-state index contributed by atoms with van der Waals surface area (Å²) in [6.45, 7) is 0. The standard InChI is InChI=1S/C18H13N/c1-2-5-13-12(4-1)14-6-3-9-19-18(14)15-8-7-11-10-16(11)17(13)15/h1-9,11,16H,10H2. The van der Waals surface area contributed by atoms with Gasteiger partial charge in [-0.05, 0) is 40.7 Å². The molecule has 2 aliphatic carbocycles. The maximum atomic E-state index is 4.65. The van der Waals surface area contributed by atoms with Gasteiger partial charge in [0, 0.05) is 17.1 Å². The molecular weight excluding hydrogens is 230 g/mol. The lowest BCUT2D eigenvalue weighted by molar-refractivity contribution is 1.01. The highest BCUT2D eigenvalue weighted by Gasteiger charge is 2.41. The van der Waals surface area contributed by atoms with E-state index in [0.29, 0.717) is 0 Å². The van der Waals surface area contributed by atoms with Gasteiger partial charge in [0.15, 0.2) is 0 Å². The van der Waals surface area contributed by atoms with Gasteiger partial charge in [0.05, 0.1) is 5.52 Å². The predicted molar refractivity (Wildman–Crippen MR) is 79.1 cm³/mol. The number of allylic oxidation sites excluding steroid dienone is 1. The second-order valence-electron chi connectivity index (χ2n) is 5.64. The number of aromatic nitrogens is 1. The molecule has 0 amide bonds. The summed E-state index contributed by atoms with van der Waals surface area (Å²) >= 11 is 0. The van der Waals surface area contributed by atoms with Crippen LogP contribution in [0.3, 0.4) is 0 Å². The Kier molecular flexibility index (Phi) is 1.66. The minimum absolute atomic E-state index is 0.733. The number of hydrogen-bond acceptors (Lipinski definition) is 1. The molecule has 0 aliphatic heterocycles. The summed E-state index contributed by atoms with van der Waals surface area (Å²) in [6, 6.07) is 13.0. The Bertz CT molecular complexity index is 860. The van der Waals surface area contributed by atoms with Crippen molar-refractivity contribution >= 4 is 27.8 Å². The monoisotopic (exact) mass is 243 g/mol. The van der Waals surface area contributed by atoms with Crippen molar-refractivity contribution in [3.63, 3.8) is 0 Å². The average Bonchev–Trinajstić information content (AvgIpc) is 3.26. The van der Waals surface area contributed by atoms with Gasteiger partial charge in [-0.1, -0.05) is 42.5 Å². The molecule has 0 bridgehead atoms. The molecule has 2 unspecified atom stereocenters. The highest BCUT2D eigenvalue weighted by Crippen LogP contribution is 2.55. The third-order valence-electron chi connectivity index (χ3n) is 4.58. The van der Waals surface area contributed by atoms with Gasteiger partial charge in [-0.2, -0.15) is 0 Å². The summed E-state index contributed by atoms with van der Waals surface area (Å²) in [5.41, 5.74) is 4.06. The maximum Gasteiger partial charge on any atom is 0.0783 e. The molecule has 3 aromatic rings. The van der Waals surface area contributed by atoms with Crippen LogP contribution in [0.4, 0.5) is 0 Å². The fraction of sp³-hybridized carbons (Fsp3) is 0.167. The van der Waals surface area contributed by atoms with Gasteiger partial charge in [0.1, 0.15) is 0 Å². The first-order valence-electron chi connectivity index (χ1n) is 6.91. The van der Waals surface area contributed by atoms with E-state index in [-0.39, 0.29) is 0 Å². The summed E-state index contributed by atoms with van der Waals surface area (Å²) in [5.74, 6) is 1.51. The van der Waals surface area contributed by atoms with Crippen LogP contribution in [-0.2, 0) is 0 Å². The summed E-state index contributed by atoms with van der Waals surface area (Å²) < 4.78 is 0. The van der Waals surface area contributed by atoms with Crippen molar-refractivity contribution in [3.05, 3.63) is 59.8 Å². The normalized spacial score (nSPS) is 23.4. The molecule has 1 fully saturated rings. The van der Waals surface area contributed by atoms with Gasteiger partial charge < -0.3 is 0 Å². The zero-order chi connectivity index (χ0) is 12.4. The molecule has 1 heteroatoms. The van der Waals surface area contributed by atoms with E-state index < -0.39 is 0 Å². The van der Waals surface area contributed by atoms with Gasteiger partial charge in [0.2, 0.25) is 0 Å². The Balaban J connectivity index is 2.10. The molecule has 0 radical (unpaired) electrons. The number of fused-ring (bicyclic) bond motifs is 8. The first kappa shape index (κ1) is 9.74. The molecule has 0 saturated heterocycles. The summed E-state index contributed by atoms with van der Waals surface area (Å²) in [5, 5.41) is 4.06. The Labute approximate surface area is 111 Å². The van der Waals surface area contributed by atoms with Gasteiger partial charge in [0.25, 0.3) is 0 Å². The first-order valence-corrected chi connectivity index (χ1v) is 6.91. The SMILES string of the molecule is C1=CC2CC2c2c1c1ncccc1c1ccccc21. The van der Waals surface area contributed by atoms with Gasteiger partial charge in [-0.15, -0.1) is 0 Å². The van der Waals surface area contributed by atoms with Crippen LogP contribution in [0.15, 0.2) is 48.7 Å². The first-order chi connectivity index (χ1) is 9.43. The predicted octanol–water partition coefficient (Wildman–Crippen LogP) is 4.52. The molecule has 2 atom stereocenters. The second kappa shape index (κ2) is 3.24. The van der Waals surface area contributed by atoms with Crippen molar-refractivity contribution in [2.45, 2.75) is 12.3 Å². The molecule has 19 heavy (non-hydrogen) atoms. The molecule has 0 N–H and O–H groups in total. The van der Waals surface area contributed by atoms with Crippen LogP contribution in [-0.4, -0.2) is 4.98 Å². The lowest BCUT2D eigenvalue weighted by atomic mass is 9.88. The third-order valence-corrected chi connectivity index (χ3v) is 4.58. The molecule has 2 aromatic carbocycles. The van der Waals surface area contributed by atoms with Crippen LogP contribution in [0.1, 0.15) is 23.5 Å². The number of benzene rings is 2. The second-order valence-corrected chi connectivity index (χ2v) is 5.64. The van der Waals surface area contributed by atoms with E-state index in [4.69, 9.17) is 0 Å².